The van der Waals surface area contributed by atoms with E-state index in [-0.39, 0.29) is 16.7 Å². The zero-order valence-corrected chi connectivity index (χ0v) is 15.5. The van der Waals surface area contributed by atoms with E-state index in [9.17, 15) is 31.1 Å². The molecule has 0 aliphatic heterocycles. The van der Waals surface area contributed by atoms with Gasteiger partial charge in [-0.1, -0.05) is 66.7 Å². The molecule has 3 aromatic carbocycles. The monoisotopic (exact) mass is 422 g/mol. The molecule has 3 rings (SSSR count). The van der Waals surface area contributed by atoms with Gasteiger partial charge in [0.15, 0.2) is 5.78 Å². The molecule has 0 aromatic heterocycles. The molecule has 0 spiro atoms. The summed E-state index contributed by atoms with van der Waals surface area (Å²) in [6.45, 7) is 0. The molecule has 0 heterocycles. The van der Waals surface area contributed by atoms with E-state index in [1.165, 1.54) is 42.5 Å². The van der Waals surface area contributed by atoms with Crippen LogP contribution in [-0.2, 0) is 18.8 Å². The molecule has 0 saturated heterocycles. The summed E-state index contributed by atoms with van der Waals surface area (Å²) in [5, 5.41) is 0. The first-order valence-electron chi connectivity index (χ1n) is 8.99. The number of ketones is 1. The summed E-state index contributed by atoms with van der Waals surface area (Å²) < 4.78 is 81.1. The first-order chi connectivity index (χ1) is 14.1. The third kappa shape index (κ3) is 4.72. The minimum Gasteiger partial charge on any atom is -0.293 e. The highest BCUT2D eigenvalue weighted by Crippen LogP contribution is 2.39. The van der Waals surface area contributed by atoms with Crippen molar-refractivity contribution in [3.05, 3.63) is 107 Å². The van der Waals surface area contributed by atoms with Gasteiger partial charge in [-0.15, -0.1) is 0 Å². The first kappa shape index (κ1) is 21.6. The van der Waals surface area contributed by atoms with Gasteiger partial charge in [-0.05, 0) is 29.7 Å². The number of carbonyl (C=O) groups excluding carboxylic acids is 1. The van der Waals surface area contributed by atoms with Crippen LogP contribution in [0, 0.1) is 0 Å². The van der Waals surface area contributed by atoms with Crippen LogP contribution >= 0.6 is 0 Å². The van der Waals surface area contributed by atoms with Crippen molar-refractivity contribution in [1.82, 2.24) is 0 Å². The SMILES string of the molecule is O=C(c1ccccc1)C(Cc1ccccc1C(F)(F)F)c1ccccc1C(F)(F)F. The predicted molar refractivity (Wildman–Crippen MR) is 100 cm³/mol. The topological polar surface area (TPSA) is 17.1 Å². The van der Waals surface area contributed by atoms with Crippen molar-refractivity contribution < 1.29 is 31.1 Å². The lowest BCUT2D eigenvalue weighted by atomic mass is 9.82. The van der Waals surface area contributed by atoms with Crippen molar-refractivity contribution in [2.45, 2.75) is 24.7 Å². The van der Waals surface area contributed by atoms with Crippen LogP contribution in [0.25, 0.3) is 0 Å². The number of benzene rings is 3. The van der Waals surface area contributed by atoms with Gasteiger partial charge in [0, 0.05) is 5.56 Å². The highest BCUT2D eigenvalue weighted by molar-refractivity contribution is 6.01. The van der Waals surface area contributed by atoms with Gasteiger partial charge in [0.2, 0.25) is 0 Å². The van der Waals surface area contributed by atoms with Crippen molar-refractivity contribution in [1.29, 1.82) is 0 Å². The van der Waals surface area contributed by atoms with Crippen molar-refractivity contribution in [2.24, 2.45) is 0 Å². The Balaban J connectivity index is 2.15. The van der Waals surface area contributed by atoms with E-state index in [2.05, 4.69) is 0 Å². The van der Waals surface area contributed by atoms with Crippen molar-refractivity contribution in [3.63, 3.8) is 0 Å². The molecule has 1 nitrogen and oxygen atoms in total. The maximum Gasteiger partial charge on any atom is 0.416 e. The van der Waals surface area contributed by atoms with E-state index in [0.717, 1.165) is 18.2 Å². The van der Waals surface area contributed by atoms with Gasteiger partial charge < -0.3 is 0 Å². The number of alkyl halides is 6. The minimum atomic E-state index is -4.75. The fourth-order valence-electron chi connectivity index (χ4n) is 3.40. The summed E-state index contributed by atoms with van der Waals surface area (Å²) in [5.41, 5.74) is -2.47. The number of hydrogen-bond acceptors (Lipinski definition) is 1. The quantitative estimate of drug-likeness (QED) is 0.322. The third-order valence-electron chi connectivity index (χ3n) is 4.76. The van der Waals surface area contributed by atoms with Gasteiger partial charge in [0.25, 0.3) is 0 Å². The molecule has 0 bridgehead atoms. The van der Waals surface area contributed by atoms with Crippen LogP contribution in [0.1, 0.15) is 38.5 Å². The van der Waals surface area contributed by atoms with Gasteiger partial charge in [0.05, 0.1) is 17.0 Å². The van der Waals surface area contributed by atoms with Crippen LogP contribution in [0.2, 0.25) is 0 Å². The van der Waals surface area contributed by atoms with Crippen LogP contribution in [0.5, 0.6) is 0 Å². The van der Waals surface area contributed by atoms with Crippen LogP contribution in [0.15, 0.2) is 78.9 Å². The molecule has 0 radical (unpaired) electrons. The summed E-state index contributed by atoms with van der Waals surface area (Å²) in [4.78, 5) is 13.1. The molecule has 0 N–H and O–H groups in total. The maximum atomic E-state index is 13.6. The Kier molecular flexibility index (Phi) is 6.01. The Morgan fingerprint density at radius 1 is 0.667 bits per heavy atom. The van der Waals surface area contributed by atoms with E-state index in [1.807, 2.05) is 0 Å². The Labute approximate surface area is 169 Å². The third-order valence-corrected chi connectivity index (χ3v) is 4.76. The molecule has 0 amide bonds. The molecule has 0 fully saturated rings. The number of carbonyl (C=O) groups is 1. The lowest BCUT2D eigenvalue weighted by Crippen LogP contribution is -2.22. The Morgan fingerprint density at radius 2 is 1.17 bits per heavy atom. The number of halogens is 6. The summed E-state index contributed by atoms with van der Waals surface area (Å²) in [7, 11) is 0. The van der Waals surface area contributed by atoms with E-state index in [1.54, 1.807) is 18.2 Å². The van der Waals surface area contributed by atoms with Gasteiger partial charge >= 0.3 is 12.4 Å². The zero-order chi connectivity index (χ0) is 21.9. The fraction of sp³-hybridized carbons (Fsp3) is 0.174. The second kappa shape index (κ2) is 8.34. The van der Waals surface area contributed by atoms with Gasteiger partial charge in [0.1, 0.15) is 0 Å². The summed E-state index contributed by atoms with van der Waals surface area (Å²) >= 11 is 0. The number of rotatable bonds is 5. The van der Waals surface area contributed by atoms with Gasteiger partial charge in [-0.2, -0.15) is 26.3 Å². The van der Waals surface area contributed by atoms with Crippen molar-refractivity contribution >= 4 is 5.78 Å². The molecule has 7 heteroatoms. The molecule has 30 heavy (non-hydrogen) atoms. The van der Waals surface area contributed by atoms with Crippen LogP contribution < -0.4 is 0 Å². The Morgan fingerprint density at radius 3 is 1.77 bits per heavy atom. The highest BCUT2D eigenvalue weighted by Gasteiger charge is 2.39. The highest BCUT2D eigenvalue weighted by atomic mass is 19.4. The first-order valence-corrected chi connectivity index (χ1v) is 8.99. The van der Waals surface area contributed by atoms with Crippen LogP contribution in [0.3, 0.4) is 0 Å². The molecule has 0 aliphatic rings. The zero-order valence-electron chi connectivity index (χ0n) is 15.5. The van der Waals surface area contributed by atoms with E-state index < -0.39 is 41.6 Å². The van der Waals surface area contributed by atoms with E-state index in [0.29, 0.717) is 0 Å². The molecule has 0 aliphatic carbocycles. The molecule has 156 valence electrons. The second-order valence-corrected chi connectivity index (χ2v) is 6.73. The molecular weight excluding hydrogens is 406 g/mol. The summed E-state index contributed by atoms with van der Waals surface area (Å²) in [5.74, 6) is -2.11. The van der Waals surface area contributed by atoms with Crippen LogP contribution in [0.4, 0.5) is 26.3 Å². The van der Waals surface area contributed by atoms with E-state index >= 15 is 0 Å². The van der Waals surface area contributed by atoms with Gasteiger partial charge in [-0.25, -0.2) is 0 Å². The minimum absolute atomic E-state index is 0.129. The standard InChI is InChI=1S/C23H16F6O/c24-22(25,26)19-12-6-4-10-16(19)14-18(21(30)15-8-2-1-3-9-15)17-11-5-7-13-20(17)23(27,28)29/h1-13,18H,14H2. The fourth-order valence-corrected chi connectivity index (χ4v) is 3.40. The smallest absolute Gasteiger partial charge is 0.293 e. The average molecular weight is 422 g/mol. The summed E-state index contributed by atoms with van der Waals surface area (Å²) in [6, 6.07) is 16.7. The number of Topliss-reactive ketones (excluding diaryl/α,β-unsaturated/α-hetero) is 1. The van der Waals surface area contributed by atoms with Crippen molar-refractivity contribution in [2.75, 3.05) is 0 Å². The van der Waals surface area contributed by atoms with Crippen LogP contribution in [-0.4, -0.2) is 5.78 Å². The maximum absolute atomic E-state index is 13.6. The lowest BCUT2D eigenvalue weighted by Gasteiger charge is -2.23. The molecule has 1 unspecified atom stereocenters. The predicted octanol–water partition coefficient (Wildman–Crippen LogP) is 6.93. The average Bonchev–Trinajstić information content (AvgIpc) is 2.71. The molecular formula is C23H16F6O. The Bertz CT molecular complexity index is 1020. The largest absolute Gasteiger partial charge is 0.416 e. The second-order valence-electron chi connectivity index (χ2n) is 6.73. The molecule has 3 aromatic rings. The van der Waals surface area contributed by atoms with E-state index in [4.69, 9.17) is 0 Å². The molecule has 1 atom stereocenters. The molecule has 0 saturated carbocycles. The van der Waals surface area contributed by atoms with Gasteiger partial charge in [-0.3, -0.25) is 4.79 Å². The Hall–Kier alpha value is -3.09. The summed E-state index contributed by atoms with van der Waals surface area (Å²) in [6.07, 6.45) is -9.97. The number of hydrogen-bond donors (Lipinski definition) is 0. The normalized spacial score (nSPS) is 13.1. The van der Waals surface area contributed by atoms with Crippen molar-refractivity contribution in [3.8, 4) is 0 Å². The lowest BCUT2D eigenvalue weighted by molar-refractivity contribution is -0.139.